The summed E-state index contributed by atoms with van der Waals surface area (Å²) in [4.78, 5) is 13.7. The molecule has 2 N–H and O–H groups in total. The zero-order valence-corrected chi connectivity index (χ0v) is 11.9. The van der Waals surface area contributed by atoms with E-state index in [0.29, 0.717) is 18.0 Å². The van der Waals surface area contributed by atoms with E-state index in [-0.39, 0.29) is 19.2 Å². The van der Waals surface area contributed by atoms with Crippen molar-refractivity contribution >= 4 is 5.91 Å². The molecule has 114 valence electrons. The normalized spacial score (nSPS) is 18.0. The zero-order chi connectivity index (χ0) is 14.7. The third-order valence-corrected chi connectivity index (χ3v) is 3.85. The van der Waals surface area contributed by atoms with Gasteiger partial charge in [-0.05, 0) is 30.5 Å². The van der Waals surface area contributed by atoms with E-state index < -0.39 is 6.10 Å². The van der Waals surface area contributed by atoms with Crippen molar-refractivity contribution in [3.8, 4) is 11.5 Å². The second-order valence-corrected chi connectivity index (χ2v) is 5.35. The monoisotopic (exact) mass is 292 g/mol. The number of nitrogens with one attached hydrogen (secondary N) is 1. The van der Waals surface area contributed by atoms with Crippen LogP contribution in [0, 0.1) is 0 Å². The lowest BCUT2D eigenvalue weighted by Gasteiger charge is -2.17. The highest BCUT2D eigenvalue weighted by Gasteiger charge is 2.19. The summed E-state index contributed by atoms with van der Waals surface area (Å²) in [6, 6.07) is 5.37. The van der Waals surface area contributed by atoms with Crippen molar-refractivity contribution < 1.29 is 19.4 Å². The van der Waals surface area contributed by atoms with E-state index in [1.165, 1.54) is 0 Å². The van der Waals surface area contributed by atoms with Crippen LogP contribution in [0.2, 0.25) is 0 Å². The SMILES string of the molecule is O=C(CNCC(O)c1ccc2c(c1)OCO2)N1CCCC1. The van der Waals surface area contributed by atoms with Crippen LogP contribution in [-0.4, -0.2) is 48.9 Å². The summed E-state index contributed by atoms with van der Waals surface area (Å²) in [6.45, 7) is 2.52. The van der Waals surface area contributed by atoms with E-state index in [1.54, 1.807) is 12.1 Å². The zero-order valence-electron chi connectivity index (χ0n) is 11.9. The van der Waals surface area contributed by atoms with Crippen molar-refractivity contribution in [2.24, 2.45) is 0 Å². The average molecular weight is 292 g/mol. The van der Waals surface area contributed by atoms with E-state index in [9.17, 15) is 9.90 Å². The number of aliphatic hydroxyl groups excluding tert-OH is 1. The first-order valence-corrected chi connectivity index (χ1v) is 7.30. The maximum absolute atomic E-state index is 11.9. The lowest BCUT2D eigenvalue weighted by molar-refractivity contribution is -0.129. The molecular formula is C15H20N2O4. The highest BCUT2D eigenvalue weighted by atomic mass is 16.7. The molecule has 0 radical (unpaired) electrons. The van der Waals surface area contributed by atoms with Gasteiger partial charge in [0.1, 0.15) is 0 Å². The first kappa shape index (κ1) is 14.2. The Balaban J connectivity index is 1.47. The molecule has 1 atom stereocenters. The van der Waals surface area contributed by atoms with Crippen LogP contribution >= 0.6 is 0 Å². The van der Waals surface area contributed by atoms with Gasteiger partial charge in [0, 0.05) is 19.6 Å². The molecular weight excluding hydrogens is 272 g/mol. The third-order valence-electron chi connectivity index (χ3n) is 3.85. The Hall–Kier alpha value is -1.79. The average Bonchev–Trinajstić information content (AvgIpc) is 3.17. The van der Waals surface area contributed by atoms with Crippen molar-refractivity contribution in [1.29, 1.82) is 0 Å². The van der Waals surface area contributed by atoms with Gasteiger partial charge in [0.25, 0.3) is 0 Å². The number of rotatable bonds is 5. The topological polar surface area (TPSA) is 71.0 Å². The van der Waals surface area contributed by atoms with E-state index >= 15 is 0 Å². The molecule has 6 nitrogen and oxygen atoms in total. The number of nitrogens with zero attached hydrogens (tertiary/aromatic N) is 1. The van der Waals surface area contributed by atoms with Gasteiger partial charge in [0.15, 0.2) is 11.5 Å². The maximum Gasteiger partial charge on any atom is 0.236 e. The molecule has 0 spiro atoms. The standard InChI is InChI=1S/C15H20N2O4/c18-12(8-16-9-15(19)17-5-1-2-6-17)11-3-4-13-14(7-11)21-10-20-13/h3-4,7,12,16,18H,1-2,5-6,8-10H2. The minimum atomic E-state index is -0.675. The van der Waals surface area contributed by atoms with Crippen molar-refractivity contribution in [2.45, 2.75) is 18.9 Å². The number of hydrogen-bond acceptors (Lipinski definition) is 5. The van der Waals surface area contributed by atoms with Crippen molar-refractivity contribution in [1.82, 2.24) is 10.2 Å². The van der Waals surface area contributed by atoms with Gasteiger partial charge in [-0.2, -0.15) is 0 Å². The summed E-state index contributed by atoms with van der Waals surface area (Å²) in [5.41, 5.74) is 0.750. The van der Waals surface area contributed by atoms with Crippen LogP contribution in [0.15, 0.2) is 18.2 Å². The Morgan fingerprint density at radius 1 is 1.29 bits per heavy atom. The summed E-state index contributed by atoms with van der Waals surface area (Å²) < 4.78 is 10.5. The molecule has 2 heterocycles. The minimum absolute atomic E-state index is 0.102. The molecule has 1 fully saturated rings. The number of carbonyl (C=O) groups is 1. The molecule has 1 saturated heterocycles. The fraction of sp³-hybridized carbons (Fsp3) is 0.533. The van der Waals surface area contributed by atoms with Crippen LogP contribution in [0.25, 0.3) is 0 Å². The second kappa shape index (κ2) is 6.32. The van der Waals surface area contributed by atoms with Crippen LogP contribution in [0.5, 0.6) is 11.5 Å². The molecule has 6 heteroatoms. The van der Waals surface area contributed by atoms with Crippen molar-refractivity contribution in [3.63, 3.8) is 0 Å². The number of carbonyl (C=O) groups excluding carboxylic acids is 1. The molecule has 0 aliphatic carbocycles. The van der Waals surface area contributed by atoms with Crippen LogP contribution in [0.3, 0.4) is 0 Å². The summed E-state index contributed by atoms with van der Waals surface area (Å²) in [5, 5.41) is 13.2. The van der Waals surface area contributed by atoms with Gasteiger partial charge in [0.2, 0.25) is 12.7 Å². The summed E-state index contributed by atoms with van der Waals surface area (Å²) in [7, 11) is 0. The van der Waals surface area contributed by atoms with Gasteiger partial charge in [0.05, 0.1) is 12.6 Å². The first-order chi connectivity index (χ1) is 10.2. The van der Waals surface area contributed by atoms with Crippen LogP contribution < -0.4 is 14.8 Å². The lowest BCUT2D eigenvalue weighted by Crippen LogP contribution is -2.37. The molecule has 1 unspecified atom stereocenters. The quantitative estimate of drug-likeness (QED) is 0.834. The molecule has 1 aromatic carbocycles. The molecule has 2 aliphatic heterocycles. The van der Waals surface area contributed by atoms with Gasteiger partial charge >= 0.3 is 0 Å². The highest BCUT2D eigenvalue weighted by Crippen LogP contribution is 2.34. The molecule has 1 aromatic rings. The number of hydrogen-bond donors (Lipinski definition) is 2. The Kier molecular flexibility index (Phi) is 4.26. The number of ether oxygens (including phenoxy) is 2. The maximum atomic E-state index is 11.9. The largest absolute Gasteiger partial charge is 0.454 e. The van der Waals surface area contributed by atoms with Crippen molar-refractivity contribution in [3.05, 3.63) is 23.8 Å². The number of aliphatic hydroxyl groups is 1. The molecule has 0 aromatic heterocycles. The highest BCUT2D eigenvalue weighted by molar-refractivity contribution is 5.78. The predicted octanol–water partition coefficient (Wildman–Crippen LogP) is 0.661. The number of benzene rings is 1. The Bertz CT molecular complexity index is 514. The number of amides is 1. The van der Waals surface area contributed by atoms with E-state index in [2.05, 4.69) is 5.32 Å². The van der Waals surface area contributed by atoms with Gasteiger partial charge < -0.3 is 24.8 Å². The van der Waals surface area contributed by atoms with E-state index in [1.807, 2.05) is 11.0 Å². The minimum Gasteiger partial charge on any atom is -0.454 e. The fourth-order valence-electron chi connectivity index (χ4n) is 2.63. The van der Waals surface area contributed by atoms with Crippen LogP contribution in [0.4, 0.5) is 0 Å². The molecule has 0 bridgehead atoms. The third kappa shape index (κ3) is 3.28. The van der Waals surface area contributed by atoms with Gasteiger partial charge in [-0.3, -0.25) is 4.79 Å². The van der Waals surface area contributed by atoms with Crippen LogP contribution in [-0.2, 0) is 4.79 Å². The van der Waals surface area contributed by atoms with E-state index in [0.717, 1.165) is 31.5 Å². The number of likely N-dealkylation sites (tertiary alicyclic amines) is 1. The van der Waals surface area contributed by atoms with Gasteiger partial charge in [-0.1, -0.05) is 6.07 Å². The lowest BCUT2D eigenvalue weighted by atomic mass is 10.1. The van der Waals surface area contributed by atoms with Gasteiger partial charge in [-0.25, -0.2) is 0 Å². The predicted molar refractivity (Wildman–Crippen MR) is 76.2 cm³/mol. The summed E-state index contributed by atoms with van der Waals surface area (Å²) in [6.07, 6.45) is 1.50. The smallest absolute Gasteiger partial charge is 0.236 e. The Labute approximate surface area is 123 Å². The molecule has 2 aliphatic rings. The second-order valence-electron chi connectivity index (χ2n) is 5.35. The summed E-state index contributed by atoms with van der Waals surface area (Å²) >= 11 is 0. The van der Waals surface area contributed by atoms with E-state index in [4.69, 9.17) is 9.47 Å². The van der Waals surface area contributed by atoms with Gasteiger partial charge in [-0.15, -0.1) is 0 Å². The molecule has 1 amide bonds. The molecule has 21 heavy (non-hydrogen) atoms. The fourth-order valence-corrected chi connectivity index (χ4v) is 2.63. The summed E-state index contributed by atoms with van der Waals surface area (Å²) in [5.74, 6) is 1.45. The Morgan fingerprint density at radius 2 is 2.05 bits per heavy atom. The van der Waals surface area contributed by atoms with Crippen molar-refractivity contribution in [2.75, 3.05) is 33.0 Å². The van der Waals surface area contributed by atoms with Crippen LogP contribution in [0.1, 0.15) is 24.5 Å². The number of fused-ring (bicyclic) bond motifs is 1. The molecule has 3 rings (SSSR count). The Morgan fingerprint density at radius 3 is 2.86 bits per heavy atom. The first-order valence-electron chi connectivity index (χ1n) is 7.30. The molecule has 0 saturated carbocycles.